The van der Waals surface area contributed by atoms with Crippen molar-refractivity contribution in [2.24, 2.45) is 11.8 Å². The summed E-state index contributed by atoms with van der Waals surface area (Å²) >= 11 is 6.47. The monoisotopic (exact) mass is 1630 g/mol. The summed E-state index contributed by atoms with van der Waals surface area (Å²) in [7, 11) is -6.92. The van der Waals surface area contributed by atoms with Crippen molar-refractivity contribution < 1.29 is 30.7 Å². The first kappa shape index (κ1) is 86.0. The van der Waals surface area contributed by atoms with Gasteiger partial charge < -0.3 is 27.7 Å². The van der Waals surface area contributed by atoms with Crippen LogP contribution < -0.4 is 31.7 Å². The Morgan fingerprint density at radius 3 is 1.16 bits per heavy atom. The maximum Gasteiger partial charge on any atom is 0.250 e. The maximum absolute atomic E-state index is 14.8. The van der Waals surface area contributed by atoms with Crippen molar-refractivity contribution in [1.82, 2.24) is 67.4 Å². The van der Waals surface area contributed by atoms with Gasteiger partial charge in [0.15, 0.2) is 19.7 Å². The quantitative estimate of drug-likeness (QED) is 0.0441. The van der Waals surface area contributed by atoms with Crippen molar-refractivity contribution in [1.29, 1.82) is 0 Å². The molecule has 2 saturated carbocycles. The van der Waals surface area contributed by atoms with Gasteiger partial charge in [0.25, 0.3) is 22.2 Å². The van der Waals surface area contributed by atoms with E-state index in [4.69, 9.17) is 21.1 Å². The summed E-state index contributed by atoms with van der Waals surface area (Å²) in [5.41, 5.74) is 11.1. The summed E-state index contributed by atoms with van der Waals surface area (Å²) in [4.78, 5) is 57.2. The zero-order valence-electron chi connectivity index (χ0n) is 68.0. The lowest BCUT2D eigenvalue weighted by atomic mass is 10.1. The van der Waals surface area contributed by atoms with Gasteiger partial charge in [-0.05, 0) is 164 Å². The number of benzene rings is 2. The van der Waals surface area contributed by atoms with Crippen LogP contribution in [0.4, 0.5) is 4.39 Å². The molecule has 2 atom stereocenters. The average molecular weight is 1640 g/mol. The molecule has 0 unspecified atom stereocenters. The van der Waals surface area contributed by atoms with Crippen molar-refractivity contribution in [2.75, 3.05) is 0 Å². The molecule has 14 rings (SSSR count). The number of rotatable bonds is 28. The van der Waals surface area contributed by atoms with E-state index in [9.17, 15) is 40.4 Å². The van der Waals surface area contributed by atoms with Crippen molar-refractivity contribution in [2.45, 2.75) is 219 Å². The number of nitrogens with zero attached hydrogens (tertiary/aromatic N) is 14. The number of pyridine rings is 6. The lowest BCUT2D eigenvalue weighted by Gasteiger charge is -2.17. The van der Waals surface area contributed by atoms with Gasteiger partial charge in [-0.15, -0.1) is 0 Å². The molecule has 0 saturated heterocycles. The largest absolute Gasteiger partial charge is 0.474 e. The minimum Gasteiger partial charge on any atom is -0.474 e. The van der Waals surface area contributed by atoms with Crippen LogP contribution in [0.25, 0.3) is 67.3 Å². The highest BCUT2D eigenvalue weighted by atomic mass is 35.5. The fraction of sp³-hybridized carbons (Fsp3) is 0.386. The second kappa shape index (κ2) is 38.7. The Morgan fingerprint density at radius 1 is 0.448 bits per heavy atom. The molecule has 12 aromatic rings. The maximum atomic E-state index is 14.8. The molecule has 612 valence electrons. The summed E-state index contributed by atoms with van der Waals surface area (Å²) in [6, 6.07) is 30.0. The second-order valence-corrected chi connectivity index (χ2v) is 34.7. The van der Waals surface area contributed by atoms with E-state index in [1.165, 1.54) is 43.3 Å². The van der Waals surface area contributed by atoms with Gasteiger partial charge in [-0.2, -0.15) is 20.4 Å². The normalized spacial score (nSPS) is 13.5. The first-order valence-corrected chi connectivity index (χ1v) is 43.5. The van der Waals surface area contributed by atoms with Crippen LogP contribution in [0, 0.1) is 31.5 Å². The SMILES string of the molecule is CCCn1cc(-n2cc(-c3ccc(O[C@@H](C)C4CC4)nc3C)cn2)ccc1=O.CCCn1cc(-n2cc(-c3ccc(O[C@H](C)C(C)C)nc3C)cn2)ccc1=O.CCCn1cc(-n2cc(-c3ccc(S(=O)(=O)C(CC)CC)cc3F)cn2)ccc1=O.CCCn1cc(-n2cc(-c3ccc(S(=O)(=O)C4CCCC4)cc3Cl)cn2)ccc1=O. The Kier molecular flexibility index (Phi) is 28.7. The van der Waals surface area contributed by atoms with Crippen LogP contribution in [0.15, 0.2) is 213 Å². The van der Waals surface area contributed by atoms with Crippen molar-refractivity contribution in [3.8, 4) is 79.0 Å². The zero-order valence-corrected chi connectivity index (χ0v) is 70.4. The molecule has 10 aromatic heterocycles. The van der Waals surface area contributed by atoms with Gasteiger partial charge in [-0.1, -0.05) is 92.0 Å². The third kappa shape index (κ3) is 20.8. The van der Waals surface area contributed by atoms with Crippen molar-refractivity contribution in [3.63, 3.8) is 0 Å². The van der Waals surface area contributed by atoms with E-state index in [-0.39, 0.29) is 55.0 Å². The highest BCUT2D eigenvalue weighted by Gasteiger charge is 2.32. The van der Waals surface area contributed by atoms with Crippen LogP contribution in [0.3, 0.4) is 0 Å². The number of aromatic nitrogens is 14. The van der Waals surface area contributed by atoms with Gasteiger partial charge in [-0.25, -0.2) is 49.9 Å². The molecule has 2 fully saturated rings. The Bertz CT molecular complexity index is 5550. The molecule has 2 aliphatic carbocycles. The molecular weight excluding hydrogens is 1530 g/mol. The number of halogens is 2. The third-order valence-electron chi connectivity index (χ3n) is 20.9. The van der Waals surface area contributed by atoms with Gasteiger partial charge in [0.1, 0.15) is 11.9 Å². The standard InChI is InChI=1S/C22H24ClN3O3S.C22H26FN3O3S.C22H26N4O2.C22H28N4O2/c1-2-11-25-15-17(7-10-22(25)27)26-14-16(13-24-26)20-9-8-19(12-21(20)23)30(28,29)18-5-3-4-6-18;1-4-11-25-15-17(7-10-22(25)27)26-14-16(13-24-26)20-9-8-19(12-21(20)23)30(28,29)18(5-2)6-3;1-4-11-25-14-19(7-10-22(25)27)26-13-18(12-23-26)20-8-9-21(24-15(20)2)28-16(3)17-5-6-17;1-6-11-25-14-19(7-10-22(25)27)26-13-18(12-23-26)20-8-9-21(24-16(20)4)28-17(5)15(2)3/h7-10,12-15,18H,2-6,11H2,1H3;7-10,12-15,18H,4-6,11H2,1-3H3;7-10,12-14,16-17H,4-6,11H2,1-3H3;7-10,12-15,17H,6,11H2,1-5H3/t;;16-;17-/m..01/s1. The van der Waals surface area contributed by atoms with Crippen LogP contribution in [-0.2, 0) is 45.9 Å². The minimum atomic E-state index is -3.57. The Labute approximate surface area is 682 Å². The number of ether oxygens (including phenoxy) is 2. The number of hydrogen-bond acceptors (Lipinski definition) is 16. The number of aryl methyl sites for hydroxylation is 6. The van der Waals surface area contributed by atoms with Crippen LogP contribution in [0.5, 0.6) is 11.8 Å². The lowest BCUT2D eigenvalue weighted by Crippen LogP contribution is -2.19. The third-order valence-corrected chi connectivity index (χ3v) is 26.0. The van der Waals surface area contributed by atoms with E-state index in [0.717, 1.165) is 106 Å². The Hall–Kier alpha value is -10.9. The molecule has 24 nitrogen and oxygen atoms in total. The highest BCUT2D eigenvalue weighted by Crippen LogP contribution is 2.38. The van der Waals surface area contributed by atoms with Crippen LogP contribution in [0.2, 0.25) is 5.02 Å². The summed E-state index contributed by atoms with van der Waals surface area (Å²) < 4.78 is 91.2. The predicted octanol–water partition coefficient (Wildman–Crippen LogP) is 16.9. The molecule has 116 heavy (non-hydrogen) atoms. The van der Waals surface area contributed by atoms with Gasteiger partial charge >= 0.3 is 0 Å². The molecule has 0 bridgehead atoms. The molecule has 2 aromatic carbocycles. The summed E-state index contributed by atoms with van der Waals surface area (Å²) in [5.74, 6) is 1.81. The zero-order chi connectivity index (χ0) is 83.1. The lowest BCUT2D eigenvalue weighted by molar-refractivity contribution is 0.163. The van der Waals surface area contributed by atoms with Crippen molar-refractivity contribution in [3.05, 3.63) is 247 Å². The molecule has 0 N–H and O–H groups in total. The predicted molar refractivity (Wildman–Crippen MR) is 453 cm³/mol. The first-order chi connectivity index (χ1) is 55.6. The molecule has 28 heteroatoms. The Balaban J connectivity index is 0.000000152. The fourth-order valence-electron chi connectivity index (χ4n) is 13.8. The molecule has 0 spiro atoms. The van der Waals surface area contributed by atoms with Crippen LogP contribution in [-0.4, -0.2) is 107 Å². The van der Waals surface area contributed by atoms with Gasteiger partial charge in [0, 0.05) is 173 Å². The fourth-order valence-corrected chi connectivity index (χ4v) is 17.8. The molecule has 2 aliphatic rings. The van der Waals surface area contributed by atoms with E-state index in [1.807, 2.05) is 109 Å². The van der Waals surface area contributed by atoms with Gasteiger partial charge in [-0.3, -0.25) is 19.2 Å². The molecule has 0 radical (unpaired) electrons. The smallest absolute Gasteiger partial charge is 0.250 e. The van der Waals surface area contributed by atoms with E-state index >= 15 is 0 Å². The molecular formula is C88H104ClFN14O10S2. The Morgan fingerprint density at radius 2 is 0.810 bits per heavy atom. The van der Waals surface area contributed by atoms with E-state index in [2.05, 4.69) is 71.9 Å². The van der Waals surface area contributed by atoms with Crippen LogP contribution in [0.1, 0.15) is 158 Å². The van der Waals surface area contributed by atoms with Gasteiger partial charge in [0.05, 0.1) is 73.9 Å². The topological polar surface area (TPSA) is 272 Å². The summed E-state index contributed by atoms with van der Waals surface area (Å²) in [5, 5.41) is 17.2. The number of sulfone groups is 2. The van der Waals surface area contributed by atoms with Crippen LogP contribution >= 0.6 is 11.6 Å². The summed E-state index contributed by atoms with van der Waals surface area (Å²) in [6.07, 6.45) is 32.1. The van der Waals surface area contributed by atoms with E-state index in [1.54, 1.807) is 116 Å². The molecule has 0 aliphatic heterocycles. The average Bonchev–Trinajstić information content (AvgIpc) is 1.60. The van der Waals surface area contributed by atoms with E-state index < -0.39 is 30.7 Å². The second-order valence-electron chi connectivity index (χ2n) is 29.9. The van der Waals surface area contributed by atoms with Crippen molar-refractivity contribution >= 4 is 31.3 Å². The number of hydrogen-bond donors (Lipinski definition) is 0. The highest BCUT2D eigenvalue weighted by molar-refractivity contribution is 7.92. The first-order valence-electron chi connectivity index (χ1n) is 40.0. The molecule has 0 amide bonds. The summed E-state index contributed by atoms with van der Waals surface area (Å²) in [6.45, 7) is 26.8. The minimum absolute atomic E-state index is 0.00326. The van der Waals surface area contributed by atoms with E-state index in [0.29, 0.717) is 91.7 Å². The van der Waals surface area contributed by atoms with Gasteiger partial charge in [0.2, 0.25) is 11.8 Å². The molecule has 10 heterocycles.